The fraction of sp³-hybridized carbons (Fsp3) is 0.174. The molecule has 3 nitrogen and oxygen atoms in total. The van der Waals surface area contributed by atoms with E-state index in [9.17, 15) is 18.0 Å². The summed E-state index contributed by atoms with van der Waals surface area (Å²) in [5.74, 6) is -0.470. The van der Waals surface area contributed by atoms with E-state index in [-0.39, 0.29) is 5.69 Å². The number of quaternary nitrogens is 1. The van der Waals surface area contributed by atoms with E-state index < -0.39 is 28.7 Å². The third kappa shape index (κ3) is 5.75. The van der Waals surface area contributed by atoms with E-state index in [1.807, 2.05) is 12.1 Å². The number of rotatable bonds is 6. The van der Waals surface area contributed by atoms with Crippen LogP contribution in [0.5, 0.6) is 0 Å². The number of benzene rings is 3. The van der Waals surface area contributed by atoms with Crippen LogP contribution in [0, 0.1) is 0 Å². The van der Waals surface area contributed by atoms with Gasteiger partial charge in [0.15, 0.2) is 6.04 Å². The van der Waals surface area contributed by atoms with Crippen molar-refractivity contribution in [3.63, 3.8) is 0 Å². The van der Waals surface area contributed by atoms with Crippen molar-refractivity contribution < 1.29 is 22.9 Å². The van der Waals surface area contributed by atoms with E-state index in [2.05, 4.69) is 5.32 Å². The van der Waals surface area contributed by atoms with Gasteiger partial charge in [-0.05, 0) is 24.3 Å². The molecule has 0 saturated carbocycles. The Bertz CT molecular complexity index is 1110. The number of hydrogen-bond donors (Lipinski definition) is 2. The van der Waals surface area contributed by atoms with Crippen LogP contribution in [0.1, 0.15) is 22.7 Å². The molecule has 0 radical (unpaired) electrons. The summed E-state index contributed by atoms with van der Waals surface area (Å²) in [6.07, 6.45) is -4.64. The van der Waals surface area contributed by atoms with Crippen LogP contribution >= 0.6 is 34.8 Å². The van der Waals surface area contributed by atoms with E-state index in [0.717, 1.165) is 22.6 Å². The van der Waals surface area contributed by atoms with Crippen LogP contribution < -0.4 is 10.2 Å². The van der Waals surface area contributed by atoms with Crippen molar-refractivity contribution in [2.75, 3.05) is 12.4 Å². The monoisotopic (exact) mass is 501 g/mol. The Morgan fingerprint density at radius 2 is 1.66 bits per heavy atom. The number of carbonyl (C=O) groups excluding carboxylic acids is 1. The van der Waals surface area contributed by atoms with E-state index in [4.69, 9.17) is 34.8 Å². The first kappa shape index (κ1) is 24.4. The third-order valence-electron chi connectivity index (χ3n) is 4.93. The van der Waals surface area contributed by atoms with Crippen LogP contribution in [0.3, 0.4) is 0 Å². The van der Waals surface area contributed by atoms with Gasteiger partial charge in [0.1, 0.15) is 6.54 Å². The number of nitrogens with one attached hydrogen (secondary N) is 2. The van der Waals surface area contributed by atoms with E-state index >= 15 is 0 Å². The van der Waals surface area contributed by atoms with Crippen LogP contribution in [-0.4, -0.2) is 13.0 Å². The highest BCUT2D eigenvalue weighted by Crippen LogP contribution is 2.36. The molecule has 0 fully saturated rings. The number of carbonyl (C=O) groups is 1. The lowest BCUT2D eigenvalue weighted by molar-refractivity contribution is -0.915. The Labute approximate surface area is 198 Å². The summed E-state index contributed by atoms with van der Waals surface area (Å²) < 4.78 is 39.6. The van der Waals surface area contributed by atoms with Crippen molar-refractivity contribution in [1.82, 2.24) is 0 Å². The molecular formula is C23H19Cl3F3N2O+. The zero-order valence-electron chi connectivity index (χ0n) is 16.8. The van der Waals surface area contributed by atoms with E-state index in [1.54, 1.807) is 43.4 Å². The molecule has 0 aliphatic rings. The van der Waals surface area contributed by atoms with E-state index in [1.165, 1.54) is 6.07 Å². The lowest BCUT2D eigenvalue weighted by Gasteiger charge is -2.25. The number of halogens is 6. The van der Waals surface area contributed by atoms with Gasteiger partial charge in [-0.1, -0.05) is 77.3 Å². The van der Waals surface area contributed by atoms with Gasteiger partial charge >= 0.3 is 6.18 Å². The maximum Gasteiger partial charge on any atom is 0.417 e. The molecule has 168 valence electrons. The highest BCUT2D eigenvalue weighted by molar-refractivity contribution is 6.42. The Balaban J connectivity index is 1.91. The molecule has 0 spiro atoms. The molecule has 3 aromatic rings. The standard InChI is InChI=1S/C23H18Cl3F3N2O/c1-31(13-15-8-5-9-19(25)20(15)26)21(14-6-3-2-4-7-14)22(32)30-16-10-11-18(24)17(12-16)23(27,28)29/h2-12,21H,13H2,1H3,(H,30,32)/p+1/t21-/m0/s1. The van der Waals surface area contributed by atoms with Gasteiger partial charge in [0.2, 0.25) is 0 Å². The molecule has 1 unspecified atom stereocenters. The normalized spacial score (nSPS) is 13.5. The average Bonchev–Trinajstić information content (AvgIpc) is 2.73. The Hall–Kier alpha value is -2.25. The van der Waals surface area contributed by atoms with Crippen LogP contribution in [0.4, 0.5) is 18.9 Å². The molecule has 0 aromatic heterocycles. The summed E-state index contributed by atoms with van der Waals surface area (Å²) in [7, 11) is 1.80. The predicted molar refractivity (Wildman–Crippen MR) is 121 cm³/mol. The second-order valence-electron chi connectivity index (χ2n) is 7.26. The molecule has 3 aromatic carbocycles. The lowest BCUT2D eigenvalue weighted by atomic mass is 10.0. The van der Waals surface area contributed by atoms with Crippen molar-refractivity contribution in [3.8, 4) is 0 Å². The molecular weight excluding hydrogens is 484 g/mol. The fourth-order valence-corrected chi connectivity index (χ4v) is 4.04. The maximum atomic E-state index is 13.2. The third-order valence-corrected chi connectivity index (χ3v) is 6.12. The van der Waals surface area contributed by atoms with Crippen molar-refractivity contribution in [2.24, 2.45) is 0 Å². The first-order valence-electron chi connectivity index (χ1n) is 9.55. The predicted octanol–water partition coefficient (Wildman–Crippen LogP) is 6.06. The van der Waals surface area contributed by atoms with Gasteiger partial charge in [0.05, 0.1) is 27.7 Å². The number of alkyl halides is 3. The maximum absolute atomic E-state index is 13.2. The number of hydrogen-bond acceptors (Lipinski definition) is 1. The first-order valence-corrected chi connectivity index (χ1v) is 10.7. The molecule has 0 aliphatic carbocycles. The quantitative estimate of drug-likeness (QED) is 0.422. The number of likely N-dealkylation sites (N-methyl/N-ethyl adjacent to an activating group) is 1. The number of anilines is 1. The van der Waals surface area contributed by atoms with Crippen LogP contribution in [0.2, 0.25) is 15.1 Å². The molecule has 2 N–H and O–H groups in total. The van der Waals surface area contributed by atoms with Crippen LogP contribution in [0.15, 0.2) is 66.7 Å². The minimum atomic E-state index is -4.64. The number of amides is 1. The van der Waals surface area contributed by atoms with Gasteiger partial charge in [-0.15, -0.1) is 0 Å². The average molecular weight is 503 g/mol. The smallest absolute Gasteiger partial charge is 0.321 e. The molecule has 0 heterocycles. The largest absolute Gasteiger partial charge is 0.417 e. The minimum absolute atomic E-state index is 0.00115. The van der Waals surface area contributed by atoms with Crippen molar-refractivity contribution in [3.05, 3.63) is 98.5 Å². The topological polar surface area (TPSA) is 33.5 Å². The summed E-state index contributed by atoms with van der Waals surface area (Å²) >= 11 is 18.1. The molecule has 1 amide bonds. The molecule has 0 saturated heterocycles. The second-order valence-corrected chi connectivity index (χ2v) is 8.45. The Kier molecular flexibility index (Phi) is 7.72. The summed E-state index contributed by atoms with van der Waals surface area (Å²) in [5, 5.41) is 2.96. The van der Waals surface area contributed by atoms with Crippen molar-refractivity contribution in [2.45, 2.75) is 18.8 Å². The van der Waals surface area contributed by atoms with Gasteiger partial charge in [-0.3, -0.25) is 4.79 Å². The SMILES string of the molecule is C[NH+](Cc1cccc(Cl)c1Cl)[C@H](C(=O)Nc1ccc(Cl)c(C(F)(F)F)c1)c1ccccc1. The molecule has 32 heavy (non-hydrogen) atoms. The molecule has 0 aliphatic heterocycles. The van der Waals surface area contributed by atoms with Gasteiger partial charge in [-0.25, -0.2) is 0 Å². The zero-order valence-corrected chi connectivity index (χ0v) is 19.1. The van der Waals surface area contributed by atoms with Gasteiger partial charge in [0, 0.05) is 16.8 Å². The second kappa shape index (κ2) is 10.1. The molecule has 0 bridgehead atoms. The first-order chi connectivity index (χ1) is 15.1. The Morgan fingerprint density at radius 1 is 0.969 bits per heavy atom. The van der Waals surface area contributed by atoms with Gasteiger partial charge in [0.25, 0.3) is 5.91 Å². The summed E-state index contributed by atoms with van der Waals surface area (Å²) in [4.78, 5) is 14.0. The zero-order chi connectivity index (χ0) is 23.5. The van der Waals surface area contributed by atoms with Crippen molar-refractivity contribution in [1.29, 1.82) is 0 Å². The highest BCUT2D eigenvalue weighted by Gasteiger charge is 2.34. The van der Waals surface area contributed by atoms with Crippen molar-refractivity contribution >= 4 is 46.4 Å². The minimum Gasteiger partial charge on any atom is -0.321 e. The summed E-state index contributed by atoms with van der Waals surface area (Å²) in [5.41, 5.74) is 0.433. The Morgan fingerprint density at radius 3 is 2.31 bits per heavy atom. The lowest BCUT2D eigenvalue weighted by Crippen LogP contribution is -3.09. The molecule has 2 atom stereocenters. The van der Waals surface area contributed by atoms with Gasteiger partial charge < -0.3 is 10.2 Å². The van der Waals surface area contributed by atoms with Crippen LogP contribution in [-0.2, 0) is 17.5 Å². The fourth-order valence-electron chi connectivity index (χ4n) is 3.43. The van der Waals surface area contributed by atoms with Crippen LogP contribution in [0.25, 0.3) is 0 Å². The van der Waals surface area contributed by atoms with E-state index in [0.29, 0.717) is 22.2 Å². The summed E-state index contributed by atoms with van der Waals surface area (Å²) in [6, 6.07) is 16.8. The summed E-state index contributed by atoms with van der Waals surface area (Å²) in [6.45, 7) is 0.362. The molecule has 9 heteroatoms. The van der Waals surface area contributed by atoms with Gasteiger partial charge in [-0.2, -0.15) is 13.2 Å². The molecule has 3 rings (SSSR count). The highest BCUT2D eigenvalue weighted by atomic mass is 35.5.